The van der Waals surface area contributed by atoms with Crippen LogP contribution in [0.25, 0.3) is 0 Å². The largest absolute Gasteiger partial charge is 0.433 e. The lowest BCUT2D eigenvalue weighted by molar-refractivity contribution is -0.0493. The molecule has 2 rings (SSSR count). The number of rotatable bonds is 5. The molecule has 0 aliphatic carbocycles. The van der Waals surface area contributed by atoms with E-state index >= 15 is 0 Å². The molecule has 0 unspecified atom stereocenters. The van der Waals surface area contributed by atoms with E-state index in [9.17, 15) is 13.6 Å². The summed E-state index contributed by atoms with van der Waals surface area (Å²) in [5, 5.41) is 2.49. The van der Waals surface area contributed by atoms with Crippen LogP contribution in [0.4, 0.5) is 20.2 Å². The number of aromatic nitrogens is 1. The summed E-state index contributed by atoms with van der Waals surface area (Å²) >= 11 is 0. The van der Waals surface area contributed by atoms with Gasteiger partial charge in [0, 0.05) is 6.20 Å². The van der Waals surface area contributed by atoms with Crippen molar-refractivity contribution in [2.45, 2.75) is 6.61 Å². The fourth-order valence-electron chi connectivity index (χ4n) is 1.67. The molecular formula is C13H12F2N4O2. The topological polar surface area (TPSA) is 89.3 Å². The first-order valence-corrected chi connectivity index (χ1v) is 5.87. The van der Waals surface area contributed by atoms with Crippen molar-refractivity contribution >= 4 is 17.3 Å². The predicted octanol–water partition coefficient (Wildman–Crippen LogP) is 2.22. The third-order valence-electron chi connectivity index (χ3n) is 2.57. The zero-order chi connectivity index (χ0) is 15.2. The number of pyridine rings is 1. The van der Waals surface area contributed by atoms with Crippen molar-refractivity contribution in [3.63, 3.8) is 0 Å². The molecule has 1 aromatic carbocycles. The molecule has 0 fully saturated rings. The quantitative estimate of drug-likeness (QED) is 0.581. The lowest BCUT2D eigenvalue weighted by Gasteiger charge is -2.13. The third-order valence-corrected chi connectivity index (χ3v) is 2.57. The van der Waals surface area contributed by atoms with Crippen molar-refractivity contribution in [2.24, 2.45) is 5.84 Å². The molecule has 6 nitrogen and oxygen atoms in total. The molecule has 0 spiro atoms. The first-order valence-electron chi connectivity index (χ1n) is 5.87. The summed E-state index contributed by atoms with van der Waals surface area (Å²) in [7, 11) is 0. The molecule has 0 atom stereocenters. The zero-order valence-corrected chi connectivity index (χ0v) is 10.7. The number of hydrazine groups is 1. The average Bonchev–Trinajstić information content (AvgIpc) is 2.48. The molecule has 110 valence electrons. The zero-order valence-electron chi connectivity index (χ0n) is 10.7. The number of nitrogens with two attached hydrogens (primary N) is 1. The highest BCUT2D eigenvalue weighted by molar-refractivity contribution is 6.08. The highest BCUT2D eigenvalue weighted by Gasteiger charge is 2.15. The van der Waals surface area contributed by atoms with E-state index in [0.717, 1.165) is 0 Å². The molecule has 1 aromatic heterocycles. The number of para-hydroxylation sites is 2. The van der Waals surface area contributed by atoms with Crippen LogP contribution in [0.2, 0.25) is 0 Å². The van der Waals surface area contributed by atoms with Gasteiger partial charge in [0.15, 0.2) is 0 Å². The Kier molecular flexibility index (Phi) is 4.62. The second kappa shape index (κ2) is 6.62. The fourth-order valence-corrected chi connectivity index (χ4v) is 1.67. The van der Waals surface area contributed by atoms with Crippen LogP contribution in [0.3, 0.4) is 0 Å². The molecule has 0 aliphatic rings. The van der Waals surface area contributed by atoms with Crippen LogP contribution in [0.1, 0.15) is 10.4 Å². The minimum absolute atomic E-state index is 0.127. The van der Waals surface area contributed by atoms with E-state index in [1.54, 1.807) is 6.07 Å². The van der Waals surface area contributed by atoms with Crippen molar-refractivity contribution in [1.29, 1.82) is 0 Å². The number of hydrogen-bond donors (Lipinski definition) is 3. The van der Waals surface area contributed by atoms with Crippen molar-refractivity contribution < 1.29 is 18.3 Å². The number of nitrogens with one attached hydrogen (secondary N) is 2. The van der Waals surface area contributed by atoms with Gasteiger partial charge in [-0.15, -0.1) is 0 Å². The van der Waals surface area contributed by atoms with Gasteiger partial charge < -0.3 is 15.5 Å². The minimum atomic E-state index is -2.98. The van der Waals surface area contributed by atoms with Crippen LogP contribution >= 0.6 is 0 Å². The van der Waals surface area contributed by atoms with Gasteiger partial charge in [-0.25, -0.2) is 0 Å². The normalized spacial score (nSPS) is 10.3. The number of amides is 1. The number of nitrogen functional groups attached to an aromatic ring is 1. The van der Waals surface area contributed by atoms with E-state index in [4.69, 9.17) is 5.84 Å². The Morgan fingerprint density at radius 1 is 1.24 bits per heavy atom. The van der Waals surface area contributed by atoms with Crippen molar-refractivity contribution in [2.75, 3.05) is 10.7 Å². The molecule has 21 heavy (non-hydrogen) atoms. The number of carbonyl (C=O) groups is 1. The highest BCUT2D eigenvalue weighted by atomic mass is 19.3. The summed E-state index contributed by atoms with van der Waals surface area (Å²) in [6, 6.07) is 7.33. The first-order chi connectivity index (χ1) is 10.1. The first kappa shape index (κ1) is 14.7. The van der Waals surface area contributed by atoms with Gasteiger partial charge in [-0.2, -0.15) is 8.78 Å². The van der Waals surface area contributed by atoms with Crippen LogP contribution in [-0.2, 0) is 0 Å². The van der Waals surface area contributed by atoms with Gasteiger partial charge in [0.1, 0.15) is 5.75 Å². The summed E-state index contributed by atoms with van der Waals surface area (Å²) in [5.41, 5.74) is 2.99. The smallest absolute Gasteiger partial charge is 0.387 e. The van der Waals surface area contributed by atoms with Gasteiger partial charge in [-0.3, -0.25) is 15.6 Å². The van der Waals surface area contributed by atoms with Gasteiger partial charge in [-0.1, -0.05) is 12.1 Å². The Balaban J connectivity index is 2.24. The second-order valence-corrected chi connectivity index (χ2v) is 3.89. The third kappa shape index (κ3) is 3.63. The Hall–Kier alpha value is -2.74. The van der Waals surface area contributed by atoms with Gasteiger partial charge in [0.05, 0.1) is 23.1 Å². The number of ether oxygens (including phenoxy) is 1. The Morgan fingerprint density at radius 3 is 2.71 bits per heavy atom. The number of anilines is 2. The molecule has 0 saturated carbocycles. The number of nitrogens with zero attached hydrogens (tertiary/aromatic N) is 1. The van der Waals surface area contributed by atoms with Gasteiger partial charge in [-0.05, 0) is 18.2 Å². The lowest BCUT2D eigenvalue weighted by Crippen LogP contribution is -2.18. The maximum absolute atomic E-state index is 12.3. The molecule has 0 radical (unpaired) electrons. The molecule has 1 heterocycles. The summed E-state index contributed by atoms with van der Waals surface area (Å²) < 4.78 is 29.0. The highest BCUT2D eigenvalue weighted by Crippen LogP contribution is 2.26. The number of benzene rings is 1. The number of alkyl halides is 2. The number of hydrogen-bond acceptors (Lipinski definition) is 5. The SMILES string of the molecule is NNc1cnccc1C(=O)Nc1ccccc1OC(F)F. The molecule has 2 aromatic rings. The van der Waals surface area contributed by atoms with E-state index < -0.39 is 12.5 Å². The Morgan fingerprint density at radius 2 is 2.00 bits per heavy atom. The predicted molar refractivity (Wildman–Crippen MR) is 73.1 cm³/mol. The Bertz CT molecular complexity index is 637. The molecule has 4 N–H and O–H groups in total. The summed E-state index contributed by atoms with van der Waals surface area (Å²) in [6.07, 6.45) is 2.79. The van der Waals surface area contributed by atoms with Crippen LogP contribution in [0, 0.1) is 0 Å². The van der Waals surface area contributed by atoms with E-state index in [-0.39, 0.29) is 17.0 Å². The summed E-state index contributed by atoms with van der Waals surface area (Å²) in [4.78, 5) is 16.0. The standard InChI is InChI=1S/C13H12F2N4O2/c14-13(15)21-11-4-2-1-3-9(11)18-12(20)8-5-6-17-7-10(8)19-16/h1-7,13,19H,16H2,(H,18,20). The van der Waals surface area contributed by atoms with Crippen molar-refractivity contribution in [1.82, 2.24) is 4.98 Å². The molecule has 0 saturated heterocycles. The maximum atomic E-state index is 12.3. The van der Waals surface area contributed by atoms with Crippen LogP contribution < -0.4 is 21.3 Å². The van der Waals surface area contributed by atoms with Gasteiger partial charge >= 0.3 is 6.61 Å². The van der Waals surface area contributed by atoms with Gasteiger partial charge in [0.25, 0.3) is 5.91 Å². The van der Waals surface area contributed by atoms with Crippen LogP contribution in [0.15, 0.2) is 42.7 Å². The Labute approximate surface area is 118 Å². The van der Waals surface area contributed by atoms with E-state index in [0.29, 0.717) is 5.69 Å². The average molecular weight is 294 g/mol. The number of halogens is 2. The lowest BCUT2D eigenvalue weighted by atomic mass is 10.2. The van der Waals surface area contributed by atoms with Crippen molar-refractivity contribution in [3.05, 3.63) is 48.3 Å². The molecule has 0 aliphatic heterocycles. The molecular weight excluding hydrogens is 282 g/mol. The van der Waals surface area contributed by atoms with E-state index in [2.05, 4.69) is 20.5 Å². The maximum Gasteiger partial charge on any atom is 0.387 e. The molecule has 8 heteroatoms. The second-order valence-electron chi connectivity index (χ2n) is 3.89. The molecule has 1 amide bonds. The van der Waals surface area contributed by atoms with Crippen LogP contribution in [0.5, 0.6) is 5.75 Å². The summed E-state index contributed by atoms with van der Waals surface area (Å²) in [6.45, 7) is -2.98. The monoisotopic (exact) mass is 294 g/mol. The summed E-state index contributed by atoms with van der Waals surface area (Å²) in [5.74, 6) is 4.62. The number of carbonyl (C=O) groups excluding carboxylic acids is 1. The fraction of sp³-hybridized carbons (Fsp3) is 0.0769. The van der Waals surface area contributed by atoms with Crippen molar-refractivity contribution in [3.8, 4) is 5.75 Å². The molecule has 0 bridgehead atoms. The minimum Gasteiger partial charge on any atom is -0.433 e. The van der Waals surface area contributed by atoms with Gasteiger partial charge in [0.2, 0.25) is 0 Å². The van der Waals surface area contributed by atoms with E-state index in [1.807, 2.05) is 0 Å². The van der Waals surface area contributed by atoms with E-state index in [1.165, 1.54) is 36.7 Å². The van der Waals surface area contributed by atoms with Crippen LogP contribution in [-0.4, -0.2) is 17.5 Å².